The smallest absolute Gasteiger partial charge is 0.317 e. The molecule has 1 saturated heterocycles. The van der Waals surface area contributed by atoms with Gasteiger partial charge in [-0.15, -0.1) is 0 Å². The highest BCUT2D eigenvalue weighted by atomic mass is 16.5. The number of carboxylic acids is 1. The van der Waals surface area contributed by atoms with Gasteiger partial charge in [-0.1, -0.05) is 25.9 Å². The molecule has 1 aromatic rings. The molecule has 9 heteroatoms. The molecule has 2 aliphatic rings. The van der Waals surface area contributed by atoms with Crippen LogP contribution in [0.4, 0.5) is 4.79 Å². The topological polar surface area (TPSA) is 112 Å². The van der Waals surface area contributed by atoms with Gasteiger partial charge in [0, 0.05) is 37.0 Å². The van der Waals surface area contributed by atoms with Crippen LogP contribution in [-0.4, -0.2) is 75.3 Å². The summed E-state index contributed by atoms with van der Waals surface area (Å²) in [5.74, 6) is 1.07. The fraction of sp³-hybridized carbons (Fsp3) is 0.789. The van der Waals surface area contributed by atoms with Crippen LogP contribution in [0, 0.1) is 0 Å². The maximum atomic E-state index is 12.5. The zero-order valence-corrected chi connectivity index (χ0v) is 16.9. The van der Waals surface area contributed by atoms with E-state index in [-0.39, 0.29) is 36.5 Å². The molecular formula is C19H31N5O4. The number of hydrogen-bond acceptors (Lipinski definition) is 6. The molecule has 28 heavy (non-hydrogen) atoms. The van der Waals surface area contributed by atoms with Crippen molar-refractivity contribution in [2.45, 2.75) is 70.4 Å². The maximum absolute atomic E-state index is 12.5. The third-order valence-corrected chi connectivity index (χ3v) is 5.80. The summed E-state index contributed by atoms with van der Waals surface area (Å²) in [6.45, 7) is 8.14. The van der Waals surface area contributed by atoms with Crippen LogP contribution in [0.3, 0.4) is 0 Å². The van der Waals surface area contributed by atoms with Gasteiger partial charge in [0.25, 0.3) is 0 Å². The monoisotopic (exact) mass is 393 g/mol. The summed E-state index contributed by atoms with van der Waals surface area (Å²) in [7, 11) is 0. The molecule has 0 bridgehead atoms. The van der Waals surface area contributed by atoms with E-state index < -0.39 is 5.97 Å². The predicted molar refractivity (Wildman–Crippen MR) is 102 cm³/mol. The molecule has 1 saturated carbocycles. The van der Waals surface area contributed by atoms with Crippen LogP contribution < -0.4 is 5.32 Å². The lowest BCUT2D eigenvalue weighted by atomic mass is 9.85. The number of urea groups is 1. The molecule has 1 aliphatic heterocycles. The molecule has 2 fully saturated rings. The molecule has 3 rings (SSSR count). The highest BCUT2D eigenvalue weighted by molar-refractivity contribution is 5.74. The number of hydrogen-bond donors (Lipinski definition) is 2. The number of rotatable bonds is 7. The van der Waals surface area contributed by atoms with Gasteiger partial charge in [0.15, 0.2) is 5.82 Å². The molecule has 9 nitrogen and oxygen atoms in total. The molecule has 0 aromatic carbocycles. The Hall–Kier alpha value is -2.16. The first-order valence-corrected chi connectivity index (χ1v) is 10.2. The number of carboxylic acid groups (broad SMARTS) is 1. The number of piperidine rings is 1. The van der Waals surface area contributed by atoms with Gasteiger partial charge in [0.05, 0.1) is 6.54 Å². The Balaban J connectivity index is 1.40. The van der Waals surface area contributed by atoms with Crippen molar-refractivity contribution < 1.29 is 19.2 Å². The lowest BCUT2D eigenvalue weighted by Crippen LogP contribution is -2.57. The van der Waals surface area contributed by atoms with Crippen LogP contribution >= 0.6 is 0 Å². The number of nitrogens with zero attached hydrogens (tertiary/aromatic N) is 4. The van der Waals surface area contributed by atoms with Crippen LogP contribution in [0.15, 0.2) is 4.52 Å². The van der Waals surface area contributed by atoms with Crippen molar-refractivity contribution in [1.29, 1.82) is 0 Å². The number of carbonyl (C=O) groups excluding carboxylic acids is 1. The van der Waals surface area contributed by atoms with E-state index in [1.54, 1.807) is 0 Å². The SMILES string of the molecule is CCN(CC(=O)O)C1CC(NC(=O)N2CCC(c3noc(C(C)C)n3)CC2)C1. The second kappa shape index (κ2) is 8.89. The minimum atomic E-state index is -0.806. The van der Waals surface area contributed by atoms with Crippen molar-refractivity contribution in [2.75, 3.05) is 26.2 Å². The molecule has 0 spiro atoms. The number of aromatic nitrogens is 2. The third-order valence-electron chi connectivity index (χ3n) is 5.80. The van der Waals surface area contributed by atoms with Crippen molar-refractivity contribution in [1.82, 2.24) is 25.3 Å². The Morgan fingerprint density at radius 1 is 1.32 bits per heavy atom. The lowest BCUT2D eigenvalue weighted by molar-refractivity contribution is -0.139. The number of likely N-dealkylation sites (tertiary alicyclic amines) is 1. The van der Waals surface area contributed by atoms with E-state index in [0.717, 1.165) is 31.5 Å². The standard InChI is InChI=1S/C19H31N5O4/c1-4-23(11-16(25)26)15-9-14(10-15)20-19(27)24-7-5-13(6-8-24)17-21-18(12(2)3)28-22-17/h12-15H,4-11H2,1-3H3,(H,20,27)(H,25,26). The van der Waals surface area contributed by atoms with Gasteiger partial charge in [0.2, 0.25) is 5.89 Å². The second-order valence-electron chi connectivity index (χ2n) is 8.14. The van der Waals surface area contributed by atoms with Crippen LogP contribution in [-0.2, 0) is 4.79 Å². The molecule has 0 unspecified atom stereocenters. The quantitative estimate of drug-likeness (QED) is 0.729. The van der Waals surface area contributed by atoms with Crippen molar-refractivity contribution in [3.63, 3.8) is 0 Å². The van der Waals surface area contributed by atoms with E-state index in [1.165, 1.54) is 0 Å². The normalized spacial score (nSPS) is 23.1. The van der Waals surface area contributed by atoms with E-state index in [1.807, 2.05) is 30.6 Å². The van der Waals surface area contributed by atoms with Crippen molar-refractivity contribution in [3.8, 4) is 0 Å². The van der Waals surface area contributed by atoms with E-state index in [4.69, 9.17) is 9.63 Å². The number of nitrogens with one attached hydrogen (secondary N) is 1. The van der Waals surface area contributed by atoms with Crippen LogP contribution in [0.25, 0.3) is 0 Å². The first-order valence-electron chi connectivity index (χ1n) is 10.2. The summed E-state index contributed by atoms with van der Waals surface area (Å²) < 4.78 is 5.30. The number of likely N-dealkylation sites (N-methyl/N-ethyl adjacent to an activating group) is 1. The Kier molecular flexibility index (Phi) is 6.53. The summed E-state index contributed by atoms with van der Waals surface area (Å²) in [5, 5.41) is 16.2. The lowest BCUT2D eigenvalue weighted by Gasteiger charge is -2.43. The zero-order chi connectivity index (χ0) is 20.3. The summed E-state index contributed by atoms with van der Waals surface area (Å²) in [4.78, 5) is 31.7. The first-order chi connectivity index (χ1) is 13.4. The largest absolute Gasteiger partial charge is 0.480 e. The molecule has 2 N–H and O–H groups in total. The molecule has 1 aromatic heterocycles. The molecule has 1 aliphatic carbocycles. The van der Waals surface area contributed by atoms with E-state index in [2.05, 4.69) is 15.5 Å². The minimum Gasteiger partial charge on any atom is -0.480 e. The number of aliphatic carboxylic acids is 1. The van der Waals surface area contributed by atoms with Crippen LogP contribution in [0.2, 0.25) is 0 Å². The summed E-state index contributed by atoms with van der Waals surface area (Å²) in [6.07, 6.45) is 3.29. The second-order valence-corrected chi connectivity index (χ2v) is 8.14. The zero-order valence-electron chi connectivity index (χ0n) is 16.9. The molecule has 156 valence electrons. The minimum absolute atomic E-state index is 0.0286. The van der Waals surface area contributed by atoms with E-state index in [9.17, 15) is 9.59 Å². The van der Waals surface area contributed by atoms with Crippen molar-refractivity contribution in [2.24, 2.45) is 0 Å². The fourth-order valence-electron chi connectivity index (χ4n) is 3.93. The molecule has 0 atom stereocenters. The third kappa shape index (κ3) is 4.81. The van der Waals surface area contributed by atoms with Gasteiger partial charge >= 0.3 is 12.0 Å². The average molecular weight is 393 g/mol. The molecule has 0 radical (unpaired) electrons. The van der Waals surface area contributed by atoms with Gasteiger partial charge in [0.1, 0.15) is 0 Å². The first kappa shape index (κ1) is 20.6. The van der Waals surface area contributed by atoms with Gasteiger partial charge in [-0.3, -0.25) is 9.69 Å². The van der Waals surface area contributed by atoms with Gasteiger partial charge in [-0.05, 0) is 32.2 Å². The van der Waals surface area contributed by atoms with Gasteiger partial charge < -0.3 is 19.8 Å². The number of amides is 2. The van der Waals surface area contributed by atoms with Gasteiger partial charge in [-0.25, -0.2) is 4.79 Å². The van der Waals surface area contributed by atoms with Crippen LogP contribution in [0.5, 0.6) is 0 Å². The highest BCUT2D eigenvalue weighted by Gasteiger charge is 2.36. The number of carbonyl (C=O) groups is 2. The van der Waals surface area contributed by atoms with E-state index in [0.29, 0.717) is 25.5 Å². The van der Waals surface area contributed by atoms with E-state index >= 15 is 0 Å². The highest BCUT2D eigenvalue weighted by Crippen LogP contribution is 2.28. The molecule has 2 amide bonds. The van der Waals surface area contributed by atoms with Crippen molar-refractivity contribution >= 4 is 12.0 Å². The van der Waals surface area contributed by atoms with Crippen LogP contribution in [0.1, 0.15) is 70.0 Å². The predicted octanol–water partition coefficient (Wildman–Crippen LogP) is 2.02. The molecular weight excluding hydrogens is 362 g/mol. The Morgan fingerprint density at radius 3 is 2.54 bits per heavy atom. The van der Waals surface area contributed by atoms with Gasteiger partial charge in [-0.2, -0.15) is 4.98 Å². The molecule has 2 heterocycles. The average Bonchev–Trinajstić information content (AvgIpc) is 3.13. The Bertz CT molecular complexity index is 678. The Morgan fingerprint density at radius 2 is 2.00 bits per heavy atom. The van der Waals surface area contributed by atoms with Crippen molar-refractivity contribution in [3.05, 3.63) is 11.7 Å². The fourth-order valence-corrected chi connectivity index (χ4v) is 3.93. The maximum Gasteiger partial charge on any atom is 0.317 e. The Labute approximate surface area is 165 Å². The summed E-state index contributed by atoms with van der Waals surface area (Å²) in [6, 6.07) is 0.341. The summed E-state index contributed by atoms with van der Waals surface area (Å²) >= 11 is 0. The summed E-state index contributed by atoms with van der Waals surface area (Å²) in [5.41, 5.74) is 0.